The van der Waals surface area contributed by atoms with E-state index < -0.39 is 5.54 Å². The average molecular weight is 299 g/mol. The second-order valence-corrected chi connectivity index (χ2v) is 6.23. The normalized spacial score (nSPS) is 22.8. The van der Waals surface area contributed by atoms with Gasteiger partial charge in [-0.1, -0.05) is 18.2 Å². The van der Waals surface area contributed by atoms with Crippen molar-refractivity contribution in [2.24, 2.45) is 5.73 Å². The summed E-state index contributed by atoms with van der Waals surface area (Å²) in [7, 11) is 0. The van der Waals surface area contributed by atoms with Crippen LogP contribution in [-0.4, -0.2) is 27.9 Å². The third-order valence-electron chi connectivity index (χ3n) is 4.76. The molecule has 2 heterocycles. The lowest BCUT2D eigenvalue weighted by molar-refractivity contribution is -0.132. The molecule has 1 fully saturated rings. The first-order valence-corrected chi connectivity index (χ1v) is 7.66. The maximum absolute atomic E-state index is 12.3. The molecule has 1 aliphatic rings. The van der Waals surface area contributed by atoms with E-state index in [0.717, 1.165) is 36.7 Å². The first-order valence-electron chi connectivity index (χ1n) is 7.66. The van der Waals surface area contributed by atoms with E-state index in [-0.39, 0.29) is 11.5 Å². The largest absolute Gasteiger partial charge is 0.368 e. The summed E-state index contributed by atoms with van der Waals surface area (Å²) in [5.41, 5.74) is 6.34. The van der Waals surface area contributed by atoms with Gasteiger partial charge in [0.1, 0.15) is 0 Å². The minimum Gasteiger partial charge on any atom is -0.368 e. The van der Waals surface area contributed by atoms with Crippen LogP contribution in [0.5, 0.6) is 0 Å². The molecule has 0 radical (unpaired) electrons. The van der Waals surface area contributed by atoms with Crippen LogP contribution in [0.15, 0.2) is 35.1 Å². The van der Waals surface area contributed by atoms with Crippen molar-refractivity contribution in [3.05, 3.63) is 46.2 Å². The van der Waals surface area contributed by atoms with Gasteiger partial charge in [0.2, 0.25) is 5.91 Å². The number of likely N-dealkylation sites (tertiary alicyclic amines) is 1. The molecule has 5 nitrogen and oxygen atoms in total. The molecule has 2 aromatic rings. The Morgan fingerprint density at radius 2 is 2.14 bits per heavy atom. The molecule has 1 aliphatic heterocycles. The maximum atomic E-state index is 12.3. The highest BCUT2D eigenvalue weighted by Gasteiger charge is 2.39. The Bertz CT molecular complexity index is 768. The third-order valence-corrected chi connectivity index (χ3v) is 4.76. The molecule has 0 aliphatic carbocycles. The summed E-state index contributed by atoms with van der Waals surface area (Å²) in [6.45, 7) is 3.11. The molecule has 5 heteroatoms. The van der Waals surface area contributed by atoms with Crippen LogP contribution in [0, 0.1) is 0 Å². The summed E-state index contributed by atoms with van der Waals surface area (Å²) in [6, 6.07) is 9.60. The predicted octanol–water partition coefficient (Wildman–Crippen LogP) is 1.76. The minimum absolute atomic E-state index is 0.101. The van der Waals surface area contributed by atoms with Crippen LogP contribution in [0.2, 0.25) is 0 Å². The number of nitrogens with two attached hydrogens (primary N) is 1. The lowest BCUT2D eigenvalue weighted by Crippen LogP contribution is -2.57. The maximum Gasteiger partial charge on any atom is 0.252 e. The number of aromatic amines is 1. The number of H-pyrrole nitrogens is 1. The van der Waals surface area contributed by atoms with E-state index in [4.69, 9.17) is 5.73 Å². The Morgan fingerprint density at radius 1 is 1.36 bits per heavy atom. The second-order valence-electron chi connectivity index (χ2n) is 6.23. The predicted molar refractivity (Wildman–Crippen MR) is 86.4 cm³/mol. The van der Waals surface area contributed by atoms with E-state index >= 15 is 0 Å². The number of hydrogen-bond donors (Lipinski definition) is 2. The summed E-state index contributed by atoms with van der Waals surface area (Å²) in [6.07, 6.45) is 2.76. The highest BCUT2D eigenvalue weighted by atomic mass is 16.1. The zero-order chi connectivity index (χ0) is 15.7. The highest BCUT2D eigenvalue weighted by molar-refractivity contribution is 5.84. The van der Waals surface area contributed by atoms with E-state index in [1.165, 1.54) is 0 Å². The van der Waals surface area contributed by atoms with Crippen molar-refractivity contribution in [1.29, 1.82) is 0 Å². The van der Waals surface area contributed by atoms with Gasteiger partial charge in [0.15, 0.2) is 0 Å². The number of rotatable bonds is 3. The van der Waals surface area contributed by atoms with Gasteiger partial charge in [0.25, 0.3) is 5.56 Å². The van der Waals surface area contributed by atoms with Crippen molar-refractivity contribution < 1.29 is 4.79 Å². The fraction of sp³-hybridized carbons (Fsp3) is 0.412. The van der Waals surface area contributed by atoms with Gasteiger partial charge in [-0.25, -0.2) is 0 Å². The molecule has 0 spiro atoms. The number of aromatic nitrogens is 1. The van der Waals surface area contributed by atoms with Gasteiger partial charge in [-0.3, -0.25) is 14.5 Å². The zero-order valence-corrected chi connectivity index (χ0v) is 12.8. The van der Waals surface area contributed by atoms with E-state index in [1.807, 2.05) is 42.2 Å². The van der Waals surface area contributed by atoms with E-state index in [9.17, 15) is 9.59 Å². The van der Waals surface area contributed by atoms with Crippen LogP contribution in [0.25, 0.3) is 10.9 Å². The number of fused-ring (bicyclic) bond motifs is 1. The van der Waals surface area contributed by atoms with Crippen LogP contribution in [-0.2, 0) is 11.3 Å². The first-order chi connectivity index (χ1) is 10.5. The summed E-state index contributed by atoms with van der Waals surface area (Å²) in [5.74, 6) is -0.315. The molecule has 0 bridgehead atoms. The van der Waals surface area contributed by atoms with Gasteiger partial charge in [-0.05, 0) is 50.2 Å². The van der Waals surface area contributed by atoms with Crippen LogP contribution < -0.4 is 11.3 Å². The topological polar surface area (TPSA) is 79.2 Å². The number of primary amides is 1. The smallest absolute Gasteiger partial charge is 0.252 e. The van der Waals surface area contributed by atoms with Crippen molar-refractivity contribution in [2.45, 2.75) is 38.3 Å². The Balaban J connectivity index is 1.96. The van der Waals surface area contributed by atoms with Gasteiger partial charge < -0.3 is 10.7 Å². The number of hydrogen-bond acceptors (Lipinski definition) is 3. The summed E-state index contributed by atoms with van der Waals surface area (Å²) < 4.78 is 0. The molecule has 116 valence electrons. The quantitative estimate of drug-likeness (QED) is 0.906. The minimum atomic E-state index is -0.670. The Labute approximate surface area is 129 Å². The number of carbonyl (C=O) groups excluding carboxylic acids is 1. The molecular weight excluding hydrogens is 278 g/mol. The average Bonchev–Trinajstić information content (AvgIpc) is 2.50. The molecule has 1 aromatic carbocycles. The molecular formula is C17H21N3O2. The number of benzene rings is 1. The zero-order valence-electron chi connectivity index (χ0n) is 12.8. The SMILES string of the molecule is C[C@]1(C(N)=O)CCCCN1Cc1cc2ccccc2[nH]c1=O. The van der Waals surface area contributed by atoms with Crippen molar-refractivity contribution in [2.75, 3.05) is 6.54 Å². The Morgan fingerprint density at radius 3 is 2.91 bits per heavy atom. The molecule has 22 heavy (non-hydrogen) atoms. The molecule has 3 rings (SSSR count). The number of para-hydroxylation sites is 1. The number of nitrogens with zero attached hydrogens (tertiary/aromatic N) is 1. The number of carbonyl (C=O) groups is 1. The fourth-order valence-electron chi connectivity index (χ4n) is 3.22. The molecule has 0 unspecified atom stereocenters. The summed E-state index contributed by atoms with van der Waals surface area (Å²) in [4.78, 5) is 29.1. The summed E-state index contributed by atoms with van der Waals surface area (Å²) >= 11 is 0. The molecule has 1 amide bonds. The highest BCUT2D eigenvalue weighted by Crippen LogP contribution is 2.29. The molecule has 1 aromatic heterocycles. The lowest BCUT2D eigenvalue weighted by atomic mass is 9.87. The Kier molecular flexibility index (Phi) is 3.74. The number of piperidine rings is 1. The van der Waals surface area contributed by atoms with E-state index in [2.05, 4.69) is 4.98 Å². The van der Waals surface area contributed by atoms with Crippen molar-refractivity contribution in [3.8, 4) is 0 Å². The van der Waals surface area contributed by atoms with E-state index in [0.29, 0.717) is 12.1 Å². The van der Waals surface area contributed by atoms with E-state index in [1.54, 1.807) is 0 Å². The van der Waals surface area contributed by atoms with Crippen LogP contribution >= 0.6 is 0 Å². The first kappa shape index (κ1) is 14.8. The van der Waals surface area contributed by atoms with Crippen LogP contribution in [0.1, 0.15) is 31.7 Å². The molecule has 1 saturated heterocycles. The number of nitrogens with one attached hydrogen (secondary N) is 1. The van der Waals surface area contributed by atoms with Gasteiger partial charge in [0.05, 0.1) is 5.54 Å². The second kappa shape index (κ2) is 5.57. The molecule has 0 saturated carbocycles. The fourth-order valence-corrected chi connectivity index (χ4v) is 3.22. The van der Waals surface area contributed by atoms with Gasteiger partial charge in [-0.2, -0.15) is 0 Å². The number of amides is 1. The third kappa shape index (κ3) is 2.52. The standard InChI is InChI=1S/C17H21N3O2/c1-17(16(18)22)8-4-5-9-20(17)11-13-10-12-6-2-3-7-14(12)19-15(13)21/h2-3,6-7,10H,4-5,8-9,11H2,1H3,(H2,18,22)(H,19,21)/t17-/m1/s1. The molecule has 1 atom stereocenters. The summed E-state index contributed by atoms with van der Waals surface area (Å²) in [5, 5.41) is 0.995. The molecule has 3 N–H and O–H groups in total. The number of pyridine rings is 1. The van der Waals surface area contributed by atoms with Crippen LogP contribution in [0.4, 0.5) is 0 Å². The van der Waals surface area contributed by atoms with Crippen molar-refractivity contribution in [1.82, 2.24) is 9.88 Å². The Hall–Kier alpha value is -2.14. The van der Waals surface area contributed by atoms with Gasteiger partial charge in [0, 0.05) is 17.6 Å². The van der Waals surface area contributed by atoms with Crippen molar-refractivity contribution >= 4 is 16.8 Å². The monoisotopic (exact) mass is 299 g/mol. The van der Waals surface area contributed by atoms with Gasteiger partial charge in [-0.15, -0.1) is 0 Å². The van der Waals surface area contributed by atoms with Crippen molar-refractivity contribution in [3.63, 3.8) is 0 Å². The van der Waals surface area contributed by atoms with Crippen LogP contribution in [0.3, 0.4) is 0 Å². The lowest BCUT2D eigenvalue weighted by Gasteiger charge is -2.42. The van der Waals surface area contributed by atoms with Gasteiger partial charge >= 0.3 is 0 Å².